The number of anilines is 1. The highest BCUT2D eigenvalue weighted by molar-refractivity contribution is 7.90. The van der Waals surface area contributed by atoms with E-state index in [0.29, 0.717) is 10.8 Å². The number of carbonyl (C=O) groups is 1. The number of benzene rings is 2. The lowest BCUT2D eigenvalue weighted by molar-refractivity contribution is -0.118. The van der Waals surface area contributed by atoms with Crippen molar-refractivity contribution in [1.82, 2.24) is 4.98 Å². The molecule has 0 bridgehead atoms. The Hall–Kier alpha value is -2.71. The van der Waals surface area contributed by atoms with Crippen molar-refractivity contribution in [2.24, 2.45) is 0 Å². The van der Waals surface area contributed by atoms with Crippen molar-refractivity contribution in [3.63, 3.8) is 0 Å². The van der Waals surface area contributed by atoms with E-state index in [9.17, 15) is 13.2 Å². The number of aromatic nitrogens is 1. The molecular weight excluding hydrogens is 408 g/mol. The van der Waals surface area contributed by atoms with Gasteiger partial charge in [0.2, 0.25) is 5.91 Å². The third-order valence-corrected chi connectivity index (χ3v) is 7.02. The molecular formula is C21H20N2O4S2. The molecule has 1 N–H and O–H groups in total. The number of nitrogens with one attached hydrogen (secondary N) is 1. The minimum atomic E-state index is -3.24. The minimum absolute atomic E-state index is 0.0593. The highest BCUT2D eigenvalue weighted by Crippen LogP contribution is 2.49. The Bertz CT molecular complexity index is 1150. The first-order valence-corrected chi connectivity index (χ1v) is 11.8. The van der Waals surface area contributed by atoms with Crippen LogP contribution in [0.15, 0.2) is 58.8 Å². The van der Waals surface area contributed by atoms with Crippen LogP contribution in [-0.2, 0) is 20.0 Å². The maximum absolute atomic E-state index is 12.9. The minimum Gasteiger partial charge on any atom is -0.497 e. The topological polar surface area (TPSA) is 85.4 Å². The van der Waals surface area contributed by atoms with E-state index in [1.165, 1.54) is 17.6 Å². The summed E-state index contributed by atoms with van der Waals surface area (Å²) in [6, 6.07) is 14.2. The van der Waals surface area contributed by atoms with Gasteiger partial charge in [0.1, 0.15) is 5.75 Å². The quantitative estimate of drug-likeness (QED) is 0.644. The summed E-state index contributed by atoms with van der Waals surface area (Å²) in [4.78, 5) is 17.7. The highest BCUT2D eigenvalue weighted by atomic mass is 32.2. The lowest BCUT2D eigenvalue weighted by atomic mass is 9.95. The van der Waals surface area contributed by atoms with E-state index in [1.54, 1.807) is 31.4 Å². The standard InChI is InChI=1S/C21H20N2O4S2/c1-27-16-7-5-15(6-8-16)21(11-12-21)19(24)23-20-22-18(13-28-20)14-3-9-17(10-4-14)29(2,25)26/h3-10,13H,11-12H2,1-2H3,(H,22,23,24). The Morgan fingerprint density at radius 1 is 1.10 bits per heavy atom. The fraction of sp³-hybridized carbons (Fsp3) is 0.238. The van der Waals surface area contributed by atoms with Crippen LogP contribution in [0.5, 0.6) is 5.75 Å². The molecule has 0 spiro atoms. The van der Waals surface area contributed by atoms with Crippen molar-refractivity contribution < 1.29 is 17.9 Å². The van der Waals surface area contributed by atoms with E-state index in [0.717, 1.165) is 29.7 Å². The number of thiazole rings is 1. The molecule has 1 saturated carbocycles. The van der Waals surface area contributed by atoms with Crippen LogP contribution in [0.1, 0.15) is 18.4 Å². The number of nitrogens with zero attached hydrogens (tertiary/aromatic N) is 1. The van der Waals surface area contributed by atoms with Crippen LogP contribution in [0.25, 0.3) is 11.3 Å². The Kier molecular flexibility index (Phi) is 4.92. The van der Waals surface area contributed by atoms with Crippen molar-refractivity contribution in [2.75, 3.05) is 18.7 Å². The van der Waals surface area contributed by atoms with Crippen molar-refractivity contribution in [1.29, 1.82) is 0 Å². The van der Waals surface area contributed by atoms with Crippen LogP contribution in [0, 0.1) is 0 Å². The Morgan fingerprint density at radius 2 is 1.76 bits per heavy atom. The van der Waals surface area contributed by atoms with E-state index in [-0.39, 0.29) is 10.8 Å². The highest BCUT2D eigenvalue weighted by Gasteiger charge is 2.51. The molecule has 1 aliphatic carbocycles. The largest absolute Gasteiger partial charge is 0.497 e. The van der Waals surface area contributed by atoms with Gasteiger partial charge in [0.05, 0.1) is 23.1 Å². The number of amides is 1. The van der Waals surface area contributed by atoms with Gasteiger partial charge in [0.25, 0.3) is 0 Å². The van der Waals surface area contributed by atoms with Gasteiger partial charge in [-0.05, 0) is 42.7 Å². The average Bonchev–Trinajstić information content (AvgIpc) is 3.41. The van der Waals surface area contributed by atoms with Gasteiger partial charge in [-0.2, -0.15) is 0 Å². The molecule has 1 heterocycles. The first-order valence-electron chi connectivity index (χ1n) is 9.04. The molecule has 1 aromatic heterocycles. The third kappa shape index (κ3) is 3.90. The predicted molar refractivity (Wildman–Crippen MR) is 113 cm³/mol. The first-order chi connectivity index (χ1) is 13.8. The molecule has 2 aromatic carbocycles. The summed E-state index contributed by atoms with van der Waals surface area (Å²) < 4.78 is 28.4. The number of methoxy groups -OCH3 is 1. The molecule has 0 radical (unpaired) electrons. The number of rotatable bonds is 6. The molecule has 6 nitrogen and oxygen atoms in total. The number of hydrogen-bond acceptors (Lipinski definition) is 6. The van der Waals surface area contributed by atoms with Crippen LogP contribution in [-0.4, -0.2) is 32.7 Å². The van der Waals surface area contributed by atoms with Crippen molar-refractivity contribution in [3.8, 4) is 17.0 Å². The lowest BCUT2D eigenvalue weighted by Crippen LogP contribution is -2.27. The van der Waals surface area contributed by atoms with Gasteiger partial charge in [-0.3, -0.25) is 4.79 Å². The van der Waals surface area contributed by atoms with Gasteiger partial charge < -0.3 is 10.1 Å². The van der Waals surface area contributed by atoms with Gasteiger partial charge in [0, 0.05) is 17.2 Å². The summed E-state index contributed by atoms with van der Waals surface area (Å²) >= 11 is 1.35. The van der Waals surface area contributed by atoms with Crippen molar-refractivity contribution >= 4 is 32.2 Å². The monoisotopic (exact) mass is 428 g/mol. The van der Waals surface area contributed by atoms with Crippen LogP contribution in [0.2, 0.25) is 0 Å². The van der Waals surface area contributed by atoms with Gasteiger partial charge >= 0.3 is 0 Å². The van der Waals surface area contributed by atoms with E-state index in [4.69, 9.17) is 4.74 Å². The second-order valence-corrected chi connectivity index (χ2v) is 9.97. The molecule has 150 valence electrons. The maximum Gasteiger partial charge on any atom is 0.236 e. The van der Waals surface area contributed by atoms with Gasteiger partial charge in [-0.25, -0.2) is 13.4 Å². The molecule has 4 rings (SSSR count). The lowest BCUT2D eigenvalue weighted by Gasteiger charge is -2.15. The second-order valence-electron chi connectivity index (χ2n) is 7.10. The Balaban J connectivity index is 1.49. The van der Waals surface area contributed by atoms with Crippen molar-refractivity contribution in [2.45, 2.75) is 23.2 Å². The molecule has 1 amide bonds. The summed E-state index contributed by atoms with van der Waals surface area (Å²) in [5.41, 5.74) is 1.96. The van der Waals surface area contributed by atoms with Gasteiger partial charge in [-0.15, -0.1) is 11.3 Å². The molecule has 0 unspecified atom stereocenters. The molecule has 8 heteroatoms. The Labute approximate surface area is 173 Å². The zero-order chi connectivity index (χ0) is 20.6. The number of sulfone groups is 1. The Morgan fingerprint density at radius 3 is 2.31 bits per heavy atom. The first kappa shape index (κ1) is 19.6. The fourth-order valence-electron chi connectivity index (χ4n) is 3.24. The maximum atomic E-state index is 12.9. The average molecular weight is 429 g/mol. The fourth-order valence-corrected chi connectivity index (χ4v) is 4.58. The van der Waals surface area contributed by atoms with E-state index >= 15 is 0 Å². The zero-order valence-electron chi connectivity index (χ0n) is 16.0. The molecule has 1 fully saturated rings. The molecule has 3 aromatic rings. The number of ether oxygens (including phenoxy) is 1. The summed E-state index contributed by atoms with van der Waals surface area (Å²) in [7, 11) is -1.62. The van der Waals surface area contributed by atoms with Gasteiger partial charge in [-0.1, -0.05) is 24.3 Å². The van der Waals surface area contributed by atoms with E-state index < -0.39 is 15.3 Å². The second kappa shape index (κ2) is 7.27. The number of hydrogen-bond donors (Lipinski definition) is 1. The molecule has 0 aliphatic heterocycles. The van der Waals surface area contributed by atoms with E-state index in [2.05, 4.69) is 10.3 Å². The molecule has 29 heavy (non-hydrogen) atoms. The molecule has 0 atom stereocenters. The van der Waals surface area contributed by atoms with Gasteiger partial charge in [0.15, 0.2) is 15.0 Å². The van der Waals surface area contributed by atoms with Crippen LogP contribution in [0.4, 0.5) is 5.13 Å². The van der Waals surface area contributed by atoms with Crippen LogP contribution < -0.4 is 10.1 Å². The summed E-state index contributed by atoms with van der Waals surface area (Å²) in [5, 5.41) is 5.31. The predicted octanol–water partition coefficient (Wildman–Crippen LogP) is 3.89. The van der Waals surface area contributed by atoms with Crippen LogP contribution >= 0.6 is 11.3 Å². The molecule has 0 saturated heterocycles. The summed E-state index contributed by atoms with van der Waals surface area (Å²) in [6.45, 7) is 0. The van der Waals surface area contributed by atoms with Crippen LogP contribution in [0.3, 0.4) is 0 Å². The smallest absolute Gasteiger partial charge is 0.236 e. The zero-order valence-corrected chi connectivity index (χ0v) is 17.6. The third-order valence-electron chi connectivity index (χ3n) is 5.13. The normalized spacial score (nSPS) is 15.0. The van der Waals surface area contributed by atoms with Crippen molar-refractivity contribution in [3.05, 3.63) is 59.5 Å². The SMILES string of the molecule is COc1ccc(C2(C(=O)Nc3nc(-c4ccc(S(C)(=O)=O)cc4)cs3)CC2)cc1. The summed E-state index contributed by atoms with van der Waals surface area (Å²) in [6.07, 6.45) is 2.78. The summed E-state index contributed by atoms with van der Waals surface area (Å²) in [5.74, 6) is 0.701. The molecule has 1 aliphatic rings. The van der Waals surface area contributed by atoms with E-state index in [1.807, 2.05) is 29.6 Å². The number of carbonyl (C=O) groups excluding carboxylic acids is 1.